The van der Waals surface area contributed by atoms with Crippen molar-refractivity contribution < 1.29 is 0 Å². The lowest BCUT2D eigenvalue weighted by Crippen LogP contribution is -2.00. The van der Waals surface area contributed by atoms with E-state index in [1.54, 1.807) is 0 Å². The van der Waals surface area contributed by atoms with E-state index in [9.17, 15) is 0 Å². The molecule has 0 amide bonds. The Morgan fingerprint density at radius 1 is 0.345 bits per heavy atom. The van der Waals surface area contributed by atoms with Crippen LogP contribution in [0.2, 0.25) is 0 Å². The van der Waals surface area contributed by atoms with Gasteiger partial charge in [-0.1, -0.05) is 188 Å². The molecule has 0 unspecified atom stereocenters. The van der Waals surface area contributed by atoms with Gasteiger partial charge in [0, 0.05) is 38.8 Å². The van der Waals surface area contributed by atoms with Gasteiger partial charge in [-0.25, -0.2) is 14.5 Å². The molecule has 4 nitrogen and oxygen atoms in total. The normalized spacial score (nSPS) is 11.3. The number of nitrogens with zero attached hydrogens (tertiary/aromatic N) is 4. The van der Waals surface area contributed by atoms with Gasteiger partial charge in [0.2, 0.25) is 0 Å². The molecule has 7 aromatic carbocycles. The van der Waals surface area contributed by atoms with Gasteiger partial charge in [0.15, 0.2) is 5.82 Å². The fraction of sp³-hybridized carbons (Fsp3) is 0. The average molecular weight is 703 g/mol. The zero-order valence-electron chi connectivity index (χ0n) is 29.9. The molecule has 3 aromatic heterocycles. The SMILES string of the molecule is c1ccc(-c2ccc(-c3cc(-c4cccc(-c5c(-c6ccccc6)n6ncc(-c7ccccc7)c6c6ccccc56)c4)nc(-c4ccccc4)n3)cc2)cc1. The van der Waals surface area contributed by atoms with Crippen molar-refractivity contribution in [3.8, 4) is 78.5 Å². The molecule has 3 heterocycles. The molecule has 0 aliphatic carbocycles. The summed E-state index contributed by atoms with van der Waals surface area (Å²) < 4.78 is 2.14. The molecule has 55 heavy (non-hydrogen) atoms. The van der Waals surface area contributed by atoms with Gasteiger partial charge in [-0.2, -0.15) is 5.10 Å². The summed E-state index contributed by atoms with van der Waals surface area (Å²) >= 11 is 0. The first-order valence-electron chi connectivity index (χ1n) is 18.5. The van der Waals surface area contributed by atoms with Crippen LogP contribution in [0.15, 0.2) is 206 Å². The van der Waals surface area contributed by atoms with Crippen molar-refractivity contribution >= 4 is 16.3 Å². The highest BCUT2D eigenvalue weighted by atomic mass is 15.2. The molecule has 258 valence electrons. The summed E-state index contributed by atoms with van der Waals surface area (Å²) in [6.45, 7) is 0. The molecule has 0 saturated carbocycles. The lowest BCUT2D eigenvalue weighted by atomic mass is 9.91. The lowest BCUT2D eigenvalue weighted by molar-refractivity contribution is 0.976. The van der Waals surface area contributed by atoms with Gasteiger partial charge in [0.1, 0.15) is 0 Å². The second-order valence-electron chi connectivity index (χ2n) is 13.7. The second kappa shape index (κ2) is 13.8. The first kappa shape index (κ1) is 32.2. The van der Waals surface area contributed by atoms with Crippen LogP contribution < -0.4 is 0 Å². The van der Waals surface area contributed by atoms with Gasteiger partial charge < -0.3 is 0 Å². The first-order chi connectivity index (χ1) is 27.3. The summed E-state index contributed by atoms with van der Waals surface area (Å²) in [4.78, 5) is 10.3. The maximum Gasteiger partial charge on any atom is 0.160 e. The van der Waals surface area contributed by atoms with Crippen LogP contribution in [0.25, 0.3) is 94.8 Å². The number of rotatable bonds is 7. The summed E-state index contributed by atoms with van der Waals surface area (Å²) in [7, 11) is 0. The summed E-state index contributed by atoms with van der Waals surface area (Å²) in [5, 5.41) is 7.41. The van der Waals surface area contributed by atoms with Crippen molar-refractivity contribution in [2.24, 2.45) is 0 Å². The molecule has 4 heteroatoms. The lowest BCUT2D eigenvalue weighted by Gasteiger charge is -2.18. The quantitative estimate of drug-likeness (QED) is 0.166. The van der Waals surface area contributed by atoms with E-state index in [1.807, 2.05) is 30.5 Å². The van der Waals surface area contributed by atoms with E-state index in [0.717, 1.165) is 77.9 Å². The van der Waals surface area contributed by atoms with Crippen molar-refractivity contribution in [3.05, 3.63) is 206 Å². The van der Waals surface area contributed by atoms with E-state index in [0.29, 0.717) is 5.82 Å². The van der Waals surface area contributed by atoms with E-state index in [4.69, 9.17) is 15.1 Å². The molecule has 10 aromatic rings. The van der Waals surface area contributed by atoms with E-state index in [2.05, 4.69) is 180 Å². The number of hydrogen-bond acceptors (Lipinski definition) is 3. The largest absolute Gasteiger partial charge is 0.231 e. The molecule has 0 radical (unpaired) electrons. The minimum absolute atomic E-state index is 0.687. The van der Waals surface area contributed by atoms with Gasteiger partial charge >= 0.3 is 0 Å². The Morgan fingerprint density at radius 2 is 0.836 bits per heavy atom. The minimum Gasteiger partial charge on any atom is -0.231 e. The predicted molar refractivity (Wildman–Crippen MR) is 226 cm³/mol. The second-order valence-corrected chi connectivity index (χ2v) is 13.7. The van der Waals surface area contributed by atoms with E-state index >= 15 is 0 Å². The van der Waals surface area contributed by atoms with E-state index in [1.165, 1.54) is 11.1 Å². The Bertz CT molecular complexity index is 2940. The van der Waals surface area contributed by atoms with Gasteiger partial charge in [-0.05, 0) is 39.8 Å². The Balaban J connectivity index is 1.18. The Morgan fingerprint density at radius 3 is 1.51 bits per heavy atom. The zero-order chi connectivity index (χ0) is 36.6. The molecule has 0 saturated heterocycles. The molecule has 0 aliphatic heterocycles. The maximum absolute atomic E-state index is 5.20. The molecule has 0 N–H and O–H groups in total. The van der Waals surface area contributed by atoms with Crippen LogP contribution in [0.1, 0.15) is 0 Å². The van der Waals surface area contributed by atoms with Crippen LogP contribution in [0.5, 0.6) is 0 Å². The number of benzene rings is 7. The van der Waals surface area contributed by atoms with Gasteiger partial charge in [0.05, 0.1) is 28.8 Å². The number of aromatic nitrogens is 4. The predicted octanol–water partition coefficient (Wildman–Crippen LogP) is 12.9. The zero-order valence-corrected chi connectivity index (χ0v) is 29.9. The molecule has 0 fully saturated rings. The van der Waals surface area contributed by atoms with E-state index in [-0.39, 0.29) is 0 Å². The Kier molecular flexibility index (Phi) is 8.12. The third-order valence-electron chi connectivity index (χ3n) is 10.3. The van der Waals surface area contributed by atoms with Crippen LogP contribution >= 0.6 is 0 Å². The van der Waals surface area contributed by atoms with Crippen molar-refractivity contribution in [1.29, 1.82) is 0 Å². The highest BCUT2D eigenvalue weighted by molar-refractivity contribution is 6.13. The molecule has 0 atom stereocenters. The fourth-order valence-corrected chi connectivity index (χ4v) is 7.66. The van der Waals surface area contributed by atoms with Crippen LogP contribution in [-0.2, 0) is 0 Å². The van der Waals surface area contributed by atoms with Crippen LogP contribution in [-0.4, -0.2) is 19.6 Å². The Labute approximate surface area is 319 Å². The van der Waals surface area contributed by atoms with Gasteiger partial charge in [0.25, 0.3) is 0 Å². The highest BCUT2D eigenvalue weighted by Gasteiger charge is 2.22. The monoisotopic (exact) mass is 702 g/mol. The minimum atomic E-state index is 0.687. The molecular weight excluding hydrogens is 669 g/mol. The van der Waals surface area contributed by atoms with Crippen molar-refractivity contribution in [3.63, 3.8) is 0 Å². The number of hydrogen-bond donors (Lipinski definition) is 0. The van der Waals surface area contributed by atoms with Crippen molar-refractivity contribution in [2.75, 3.05) is 0 Å². The standard InChI is InChI=1S/C51H34N4/c1-5-16-35(17-6-1)36-28-30-38(31-29-36)46-33-47(54-51(53-46)40-22-11-4-12-23-40)41-24-15-25-42(32-41)48-43-26-13-14-27-44(43)50-45(37-18-7-2-8-19-37)34-52-55(50)49(48)39-20-9-3-10-21-39/h1-34H. The summed E-state index contributed by atoms with van der Waals surface area (Å²) in [5.41, 5.74) is 14.8. The molecule has 0 bridgehead atoms. The number of pyridine rings is 1. The molecule has 0 aliphatic rings. The summed E-state index contributed by atoms with van der Waals surface area (Å²) in [5.74, 6) is 0.687. The highest BCUT2D eigenvalue weighted by Crippen LogP contribution is 2.43. The first-order valence-corrected chi connectivity index (χ1v) is 18.5. The summed E-state index contributed by atoms with van der Waals surface area (Å²) in [6, 6.07) is 70.0. The average Bonchev–Trinajstić information content (AvgIpc) is 3.72. The van der Waals surface area contributed by atoms with Gasteiger partial charge in [-0.3, -0.25) is 0 Å². The topological polar surface area (TPSA) is 43.1 Å². The van der Waals surface area contributed by atoms with Crippen LogP contribution in [0.4, 0.5) is 0 Å². The Hall–Kier alpha value is -7.43. The van der Waals surface area contributed by atoms with Crippen molar-refractivity contribution in [2.45, 2.75) is 0 Å². The van der Waals surface area contributed by atoms with Crippen molar-refractivity contribution in [1.82, 2.24) is 19.6 Å². The third kappa shape index (κ3) is 5.96. The van der Waals surface area contributed by atoms with Crippen LogP contribution in [0, 0.1) is 0 Å². The maximum atomic E-state index is 5.20. The van der Waals surface area contributed by atoms with E-state index < -0.39 is 0 Å². The summed E-state index contributed by atoms with van der Waals surface area (Å²) in [6.07, 6.45) is 2.00. The molecule has 10 rings (SSSR count). The molecular formula is C51H34N4. The fourth-order valence-electron chi connectivity index (χ4n) is 7.66. The van der Waals surface area contributed by atoms with Gasteiger partial charge in [-0.15, -0.1) is 0 Å². The molecule has 0 spiro atoms. The third-order valence-corrected chi connectivity index (χ3v) is 10.3. The smallest absolute Gasteiger partial charge is 0.160 e. The number of fused-ring (bicyclic) bond motifs is 3. The van der Waals surface area contributed by atoms with Crippen LogP contribution in [0.3, 0.4) is 0 Å².